The van der Waals surface area contributed by atoms with E-state index in [1.807, 2.05) is 6.92 Å². The number of furan rings is 1. The second kappa shape index (κ2) is 7.86. The number of alkyl halides is 3. The molecule has 3 nitrogen and oxygen atoms in total. The van der Waals surface area contributed by atoms with Gasteiger partial charge in [0.05, 0.1) is 17.9 Å². The first kappa shape index (κ1) is 17.8. The van der Waals surface area contributed by atoms with Gasteiger partial charge < -0.3 is 9.73 Å². The fourth-order valence-corrected chi connectivity index (χ4v) is 2.31. The number of carbonyl (C=O) groups is 1. The molecule has 0 saturated heterocycles. The minimum absolute atomic E-state index is 0.387. The summed E-state index contributed by atoms with van der Waals surface area (Å²) in [5, 5.41) is 2.74. The summed E-state index contributed by atoms with van der Waals surface area (Å²) in [4.78, 5) is 12.0. The van der Waals surface area contributed by atoms with Crippen molar-refractivity contribution in [3.05, 3.63) is 65.6 Å². The zero-order valence-electron chi connectivity index (χ0n) is 13.1. The highest BCUT2D eigenvalue weighted by molar-refractivity contribution is 5.91. The average Bonchev–Trinajstić information content (AvgIpc) is 3.05. The van der Waals surface area contributed by atoms with E-state index < -0.39 is 17.8 Å². The molecule has 6 heteroatoms. The van der Waals surface area contributed by atoms with Crippen LogP contribution in [-0.2, 0) is 11.0 Å². The van der Waals surface area contributed by atoms with Crippen molar-refractivity contribution in [2.24, 2.45) is 0 Å². The Morgan fingerprint density at radius 3 is 2.71 bits per heavy atom. The van der Waals surface area contributed by atoms with Crippen LogP contribution in [0.4, 0.5) is 13.2 Å². The molecule has 1 heterocycles. The summed E-state index contributed by atoms with van der Waals surface area (Å²) >= 11 is 0. The molecule has 1 atom stereocenters. The van der Waals surface area contributed by atoms with Crippen molar-refractivity contribution in [2.45, 2.75) is 32.0 Å². The van der Waals surface area contributed by atoms with Gasteiger partial charge in [0, 0.05) is 6.08 Å². The molecular weight excluding hydrogens is 319 g/mol. The molecule has 1 unspecified atom stereocenters. The average molecular weight is 337 g/mol. The van der Waals surface area contributed by atoms with E-state index in [1.54, 1.807) is 18.2 Å². The minimum Gasteiger partial charge on any atom is -0.465 e. The van der Waals surface area contributed by atoms with Crippen LogP contribution in [-0.4, -0.2) is 5.91 Å². The van der Waals surface area contributed by atoms with E-state index >= 15 is 0 Å². The number of benzene rings is 1. The van der Waals surface area contributed by atoms with Crippen molar-refractivity contribution < 1.29 is 22.4 Å². The predicted octanol–water partition coefficient (Wildman–Crippen LogP) is 4.97. The quantitative estimate of drug-likeness (QED) is 0.756. The molecule has 0 bridgehead atoms. The number of halogens is 3. The van der Waals surface area contributed by atoms with Crippen molar-refractivity contribution in [2.75, 3.05) is 0 Å². The summed E-state index contributed by atoms with van der Waals surface area (Å²) in [6.45, 7) is 1.91. The van der Waals surface area contributed by atoms with Gasteiger partial charge in [-0.25, -0.2) is 0 Å². The molecule has 0 aliphatic rings. The van der Waals surface area contributed by atoms with Gasteiger partial charge in [0.2, 0.25) is 5.91 Å². The van der Waals surface area contributed by atoms with Crippen molar-refractivity contribution >= 4 is 12.0 Å². The zero-order valence-corrected chi connectivity index (χ0v) is 13.1. The molecule has 0 radical (unpaired) electrons. The topological polar surface area (TPSA) is 42.2 Å². The molecule has 0 aliphatic heterocycles. The van der Waals surface area contributed by atoms with Crippen LogP contribution in [0.2, 0.25) is 0 Å². The van der Waals surface area contributed by atoms with Gasteiger partial charge in [-0.1, -0.05) is 25.5 Å². The lowest BCUT2D eigenvalue weighted by Gasteiger charge is -2.19. The van der Waals surface area contributed by atoms with E-state index in [0.29, 0.717) is 17.7 Å². The fraction of sp³-hybridized carbons (Fsp3) is 0.278. The summed E-state index contributed by atoms with van der Waals surface area (Å²) < 4.78 is 43.6. The summed E-state index contributed by atoms with van der Waals surface area (Å²) in [6.07, 6.45) is 1.15. The van der Waals surface area contributed by atoms with Gasteiger partial charge in [-0.15, -0.1) is 0 Å². The smallest absolute Gasteiger partial charge is 0.416 e. The molecule has 0 saturated carbocycles. The maximum Gasteiger partial charge on any atom is 0.416 e. The zero-order chi connectivity index (χ0) is 17.6. The molecule has 128 valence electrons. The summed E-state index contributed by atoms with van der Waals surface area (Å²) in [5.41, 5.74) is -0.284. The molecule has 1 aromatic heterocycles. The van der Waals surface area contributed by atoms with Gasteiger partial charge in [0.1, 0.15) is 5.76 Å². The first-order valence-electron chi connectivity index (χ1n) is 7.59. The first-order chi connectivity index (χ1) is 11.4. The van der Waals surface area contributed by atoms with Crippen LogP contribution in [0, 0.1) is 0 Å². The van der Waals surface area contributed by atoms with Crippen LogP contribution >= 0.6 is 0 Å². The van der Waals surface area contributed by atoms with Crippen LogP contribution in [0.25, 0.3) is 6.08 Å². The second-order valence-corrected chi connectivity index (χ2v) is 5.32. The van der Waals surface area contributed by atoms with Gasteiger partial charge in [0.25, 0.3) is 0 Å². The highest BCUT2D eigenvalue weighted by atomic mass is 19.4. The third-order valence-corrected chi connectivity index (χ3v) is 3.45. The lowest BCUT2D eigenvalue weighted by Crippen LogP contribution is -2.27. The molecule has 1 amide bonds. The van der Waals surface area contributed by atoms with Gasteiger partial charge in [-0.05, 0) is 42.3 Å². The van der Waals surface area contributed by atoms with E-state index in [1.165, 1.54) is 24.5 Å². The molecule has 0 spiro atoms. The van der Waals surface area contributed by atoms with Crippen molar-refractivity contribution in [1.82, 2.24) is 5.32 Å². The lowest BCUT2D eigenvalue weighted by molar-refractivity contribution is -0.137. The Bertz CT molecular complexity index is 691. The third kappa shape index (κ3) is 5.01. The lowest BCUT2D eigenvalue weighted by atomic mass is 10.00. The molecule has 0 fully saturated rings. The Balaban J connectivity index is 2.13. The SMILES string of the molecule is CCCC(NC(=O)C=Cc1ccco1)c1cccc(C(F)(F)F)c1. The molecule has 1 aromatic carbocycles. The summed E-state index contributed by atoms with van der Waals surface area (Å²) in [5.74, 6) is 0.138. The van der Waals surface area contributed by atoms with Crippen LogP contribution < -0.4 is 5.32 Å². The van der Waals surface area contributed by atoms with E-state index in [4.69, 9.17) is 4.42 Å². The van der Waals surface area contributed by atoms with Crippen LogP contribution in [0.5, 0.6) is 0 Å². The van der Waals surface area contributed by atoms with E-state index in [2.05, 4.69) is 5.32 Å². The standard InChI is InChI=1S/C18H18F3NO2/c1-2-5-16(13-6-3-7-14(12-13)18(19,20)21)22-17(23)10-9-15-8-4-11-24-15/h3-4,6-12,16H,2,5H2,1H3,(H,22,23). The van der Waals surface area contributed by atoms with Crippen LogP contribution in [0.1, 0.15) is 42.7 Å². The third-order valence-electron chi connectivity index (χ3n) is 3.45. The van der Waals surface area contributed by atoms with E-state index in [9.17, 15) is 18.0 Å². The summed E-state index contributed by atoms with van der Waals surface area (Å²) in [7, 11) is 0. The molecule has 2 rings (SSSR count). The maximum absolute atomic E-state index is 12.8. The number of hydrogen-bond acceptors (Lipinski definition) is 2. The van der Waals surface area contributed by atoms with Crippen molar-refractivity contribution in [3.8, 4) is 0 Å². The Hall–Kier alpha value is -2.50. The number of hydrogen-bond donors (Lipinski definition) is 1. The summed E-state index contributed by atoms with van der Waals surface area (Å²) in [6, 6.07) is 7.95. The Labute approximate surface area is 138 Å². The Morgan fingerprint density at radius 1 is 1.29 bits per heavy atom. The van der Waals surface area contributed by atoms with Gasteiger partial charge in [0.15, 0.2) is 0 Å². The monoisotopic (exact) mass is 337 g/mol. The van der Waals surface area contributed by atoms with Gasteiger partial charge in [-0.2, -0.15) is 13.2 Å². The normalized spacial score (nSPS) is 13.2. The van der Waals surface area contributed by atoms with E-state index in [-0.39, 0.29) is 5.91 Å². The minimum atomic E-state index is -4.41. The number of rotatable bonds is 6. The Kier molecular flexibility index (Phi) is 5.84. The fourth-order valence-electron chi connectivity index (χ4n) is 2.31. The van der Waals surface area contributed by atoms with Gasteiger partial charge >= 0.3 is 6.18 Å². The molecule has 1 N–H and O–H groups in total. The number of nitrogens with one attached hydrogen (secondary N) is 1. The molecule has 24 heavy (non-hydrogen) atoms. The predicted molar refractivity (Wildman–Crippen MR) is 85.0 cm³/mol. The van der Waals surface area contributed by atoms with Crippen molar-refractivity contribution in [1.29, 1.82) is 0 Å². The molecule has 0 aliphatic carbocycles. The largest absolute Gasteiger partial charge is 0.465 e. The second-order valence-electron chi connectivity index (χ2n) is 5.32. The van der Waals surface area contributed by atoms with Crippen LogP contribution in [0.15, 0.2) is 53.2 Å². The van der Waals surface area contributed by atoms with Gasteiger partial charge in [-0.3, -0.25) is 4.79 Å². The molecular formula is C18H18F3NO2. The first-order valence-corrected chi connectivity index (χ1v) is 7.59. The van der Waals surface area contributed by atoms with Crippen molar-refractivity contribution in [3.63, 3.8) is 0 Å². The molecule has 2 aromatic rings. The van der Waals surface area contributed by atoms with Crippen LogP contribution in [0.3, 0.4) is 0 Å². The Morgan fingerprint density at radius 2 is 2.08 bits per heavy atom. The highest BCUT2D eigenvalue weighted by Crippen LogP contribution is 2.31. The van der Waals surface area contributed by atoms with E-state index in [0.717, 1.165) is 18.6 Å². The highest BCUT2D eigenvalue weighted by Gasteiger charge is 2.31. The number of amides is 1. The number of carbonyl (C=O) groups excluding carboxylic acids is 1. The maximum atomic E-state index is 12.8.